The van der Waals surface area contributed by atoms with Crippen LogP contribution in [0.15, 0.2) is 34.9 Å². The molecule has 1 heterocycles. The second-order valence-electron chi connectivity index (χ2n) is 4.69. The lowest BCUT2D eigenvalue weighted by Gasteiger charge is -2.08. The zero-order valence-electron chi connectivity index (χ0n) is 11.6. The molecule has 0 saturated heterocycles. The van der Waals surface area contributed by atoms with Gasteiger partial charge < -0.3 is 4.42 Å². The Kier molecular flexibility index (Phi) is 4.57. The molecule has 0 bridgehead atoms. The Morgan fingerprint density at radius 2 is 2.00 bits per heavy atom. The first-order valence-corrected chi connectivity index (χ1v) is 8.04. The SMILES string of the molecule is Cc1nc(CCNS(=O)(=O)Cc2ccccc2C)co1. The summed E-state index contributed by atoms with van der Waals surface area (Å²) in [5, 5.41) is 0. The van der Waals surface area contributed by atoms with Crippen molar-refractivity contribution in [3.63, 3.8) is 0 Å². The normalized spacial score (nSPS) is 11.7. The van der Waals surface area contributed by atoms with Crippen LogP contribution in [0, 0.1) is 13.8 Å². The summed E-state index contributed by atoms with van der Waals surface area (Å²) in [5.41, 5.74) is 2.54. The molecule has 6 heteroatoms. The molecule has 0 unspecified atom stereocenters. The van der Waals surface area contributed by atoms with Gasteiger partial charge in [0.15, 0.2) is 5.89 Å². The number of sulfonamides is 1. The minimum absolute atomic E-state index is 0.00246. The van der Waals surface area contributed by atoms with Crippen LogP contribution in [0.2, 0.25) is 0 Å². The Morgan fingerprint density at radius 3 is 2.65 bits per heavy atom. The number of nitrogens with one attached hydrogen (secondary N) is 1. The van der Waals surface area contributed by atoms with Crippen molar-refractivity contribution in [1.82, 2.24) is 9.71 Å². The van der Waals surface area contributed by atoms with Gasteiger partial charge in [-0.2, -0.15) is 0 Å². The van der Waals surface area contributed by atoms with E-state index < -0.39 is 10.0 Å². The van der Waals surface area contributed by atoms with Gasteiger partial charge >= 0.3 is 0 Å². The molecule has 2 aromatic rings. The van der Waals surface area contributed by atoms with E-state index in [4.69, 9.17) is 4.42 Å². The van der Waals surface area contributed by atoms with Gasteiger partial charge in [-0.05, 0) is 18.1 Å². The summed E-state index contributed by atoms with van der Waals surface area (Å²) in [6.45, 7) is 3.98. The van der Waals surface area contributed by atoms with Gasteiger partial charge in [0.05, 0.1) is 11.4 Å². The third kappa shape index (κ3) is 4.18. The molecule has 5 nitrogen and oxygen atoms in total. The molecule has 0 atom stereocenters. The fraction of sp³-hybridized carbons (Fsp3) is 0.357. The van der Waals surface area contributed by atoms with Gasteiger partial charge in [-0.3, -0.25) is 0 Å². The molecule has 2 rings (SSSR count). The zero-order chi connectivity index (χ0) is 14.6. The second kappa shape index (κ2) is 6.19. The minimum Gasteiger partial charge on any atom is -0.449 e. The summed E-state index contributed by atoms with van der Waals surface area (Å²) < 4.78 is 31.6. The predicted octanol–water partition coefficient (Wildman–Crippen LogP) is 1.95. The highest BCUT2D eigenvalue weighted by Crippen LogP contribution is 2.10. The average molecular weight is 294 g/mol. The quantitative estimate of drug-likeness (QED) is 0.884. The van der Waals surface area contributed by atoms with Crippen molar-refractivity contribution in [2.45, 2.75) is 26.0 Å². The standard InChI is InChI=1S/C14H18N2O3S/c1-11-5-3-4-6-13(11)10-20(17,18)15-8-7-14-9-19-12(2)16-14/h3-6,9,15H,7-8,10H2,1-2H3. The van der Waals surface area contributed by atoms with Gasteiger partial charge in [-0.15, -0.1) is 0 Å². The van der Waals surface area contributed by atoms with Gasteiger partial charge in [-0.25, -0.2) is 18.1 Å². The van der Waals surface area contributed by atoms with Crippen LogP contribution >= 0.6 is 0 Å². The molecule has 0 aliphatic rings. The monoisotopic (exact) mass is 294 g/mol. The molecule has 20 heavy (non-hydrogen) atoms. The number of aromatic nitrogens is 1. The highest BCUT2D eigenvalue weighted by molar-refractivity contribution is 7.88. The van der Waals surface area contributed by atoms with E-state index in [2.05, 4.69) is 9.71 Å². The molecule has 0 radical (unpaired) electrons. The molecule has 0 amide bonds. The molecule has 0 spiro atoms. The lowest BCUT2D eigenvalue weighted by molar-refractivity contribution is 0.520. The summed E-state index contributed by atoms with van der Waals surface area (Å²) >= 11 is 0. The highest BCUT2D eigenvalue weighted by atomic mass is 32.2. The van der Waals surface area contributed by atoms with Gasteiger partial charge in [0.25, 0.3) is 0 Å². The van der Waals surface area contributed by atoms with Crippen molar-refractivity contribution in [1.29, 1.82) is 0 Å². The molecular weight excluding hydrogens is 276 g/mol. The summed E-state index contributed by atoms with van der Waals surface area (Å²) in [6.07, 6.45) is 2.06. The first-order chi connectivity index (χ1) is 9.46. The van der Waals surface area contributed by atoms with Crippen molar-refractivity contribution < 1.29 is 12.8 Å². The summed E-state index contributed by atoms with van der Waals surface area (Å²) in [4.78, 5) is 4.13. The van der Waals surface area contributed by atoms with Crippen LogP contribution in [-0.2, 0) is 22.2 Å². The van der Waals surface area contributed by atoms with Crippen LogP contribution < -0.4 is 4.72 Å². The van der Waals surface area contributed by atoms with Gasteiger partial charge in [0.1, 0.15) is 6.26 Å². The Hall–Kier alpha value is -1.66. The van der Waals surface area contributed by atoms with E-state index in [0.29, 0.717) is 18.9 Å². The number of oxazole rings is 1. The molecule has 1 N–H and O–H groups in total. The number of hydrogen-bond donors (Lipinski definition) is 1. The smallest absolute Gasteiger partial charge is 0.215 e. The molecule has 1 aromatic carbocycles. The lowest BCUT2D eigenvalue weighted by Crippen LogP contribution is -2.27. The van der Waals surface area contributed by atoms with Gasteiger partial charge in [0, 0.05) is 19.9 Å². The van der Waals surface area contributed by atoms with E-state index in [1.54, 1.807) is 13.2 Å². The van der Waals surface area contributed by atoms with Crippen LogP contribution in [0.5, 0.6) is 0 Å². The molecule has 1 aromatic heterocycles. The maximum Gasteiger partial charge on any atom is 0.215 e. The molecule has 108 valence electrons. The third-order valence-corrected chi connectivity index (χ3v) is 4.31. The van der Waals surface area contributed by atoms with Gasteiger partial charge in [0.2, 0.25) is 10.0 Å². The highest BCUT2D eigenvalue weighted by Gasteiger charge is 2.12. The first kappa shape index (κ1) is 14.7. The number of benzene rings is 1. The van der Waals surface area contributed by atoms with Crippen molar-refractivity contribution in [3.8, 4) is 0 Å². The van der Waals surface area contributed by atoms with Gasteiger partial charge in [-0.1, -0.05) is 24.3 Å². The van der Waals surface area contributed by atoms with Crippen molar-refractivity contribution in [2.75, 3.05) is 6.54 Å². The number of aryl methyl sites for hydroxylation is 2. The number of nitrogens with zero attached hydrogens (tertiary/aromatic N) is 1. The van der Waals surface area contributed by atoms with E-state index in [1.165, 1.54) is 0 Å². The summed E-state index contributed by atoms with van der Waals surface area (Å²) in [7, 11) is -3.33. The van der Waals surface area contributed by atoms with E-state index in [0.717, 1.165) is 16.8 Å². The summed E-state index contributed by atoms with van der Waals surface area (Å²) in [5.74, 6) is 0.583. The minimum atomic E-state index is -3.33. The van der Waals surface area contributed by atoms with E-state index in [9.17, 15) is 8.42 Å². The molecule has 0 fully saturated rings. The fourth-order valence-electron chi connectivity index (χ4n) is 1.89. The zero-order valence-corrected chi connectivity index (χ0v) is 12.4. The summed E-state index contributed by atoms with van der Waals surface area (Å²) in [6, 6.07) is 7.47. The topological polar surface area (TPSA) is 72.2 Å². The number of rotatable bonds is 6. The predicted molar refractivity (Wildman–Crippen MR) is 76.7 cm³/mol. The van der Waals surface area contributed by atoms with E-state index >= 15 is 0 Å². The molecule has 0 aliphatic heterocycles. The maximum absolute atomic E-state index is 12.0. The molecule has 0 saturated carbocycles. The van der Waals surface area contributed by atoms with Crippen molar-refractivity contribution >= 4 is 10.0 Å². The first-order valence-electron chi connectivity index (χ1n) is 6.39. The third-order valence-electron chi connectivity index (χ3n) is 2.98. The number of hydrogen-bond acceptors (Lipinski definition) is 4. The van der Waals surface area contributed by atoms with Crippen LogP contribution in [-0.4, -0.2) is 19.9 Å². The fourth-order valence-corrected chi connectivity index (χ4v) is 3.13. The largest absolute Gasteiger partial charge is 0.449 e. The van der Waals surface area contributed by atoms with Crippen molar-refractivity contribution in [2.24, 2.45) is 0 Å². The van der Waals surface area contributed by atoms with E-state index in [1.807, 2.05) is 31.2 Å². The Labute approximate surface area is 119 Å². The van der Waals surface area contributed by atoms with Crippen LogP contribution in [0.1, 0.15) is 22.7 Å². The Bertz CT molecular complexity index is 677. The average Bonchev–Trinajstić information content (AvgIpc) is 2.77. The van der Waals surface area contributed by atoms with Crippen LogP contribution in [0.25, 0.3) is 0 Å². The van der Waals surface area contributed by atoms with E-state index in [-0.39, 0.29) is 5.75 Å². The Balaban J connectivity index is 1.90. The second-order valence-corrected chi connectivity index (χ2v) is 6.49. The Morgan fingerprint density at radius 1 is 1.25 bits per heavy atom. The molecular formula is C14H18N2O3S. The van der Waals surface area contributed by atoms with Crippen molar-refractivity contribution in [3.05, 3.63) is 53.2 Å². The lowest BCUT2D eigenvalue weighted by atomic mass is 10.1. The van der Waals surface area contributed by atoms with Crippen LogP contribution in [0.3, 0.4) is 0 Å². The van der Waals surface area contributed by atoms with Crippen LogP contribution in [0.4, 0.5) is 0 Å². The molecule has 0 aliphatic carbocycles. The maximum atomic E-state index is 12.0.